The van der Waals surface area contributed by atoms with Gasteiger partial charge in [0.15, 0.2) is 0 Å². The van der Waals surface area contributed by atoms with Crippen molar-refractivity contribution in [2.24, 2.45) is 0 Å². The summed E-state index contributed by atoms with van der Waals surface area (Å²) in [5.41, 5.74) is 2.69. The molecule has 1 aromatic carbocycles. The number of carbonyl (C=O) groups is 1. The second kappa shape index (κ2) is 8.42. The van der Waals surface area contributed by atoms with Crippen LogP contribution in [-0.4, -0.2) is 55.0 Å². The van der Waals surface area contributed by atoms with E-state index in [2.05, 4.69) is 39.4 Å². The Morgan fingerprint density at radius 3 is 2.81 bits per heavy atom. The van der Waals surface area contributed by atoms with E-state index in [1.54, 1.807) is 11.3 Å². The van der Waals surface area contributed by atoms with Gasteiger partial charge in [-0.3, -0.25) is 14.6 Å². The number of hydrogen-bond donors (Lipinski definition) is 1. The molecule has 1 N–H and O–H groups in total. The van der Waals surface area contributed by atoms with E-state index in [1.165, 1.54) is 16.0 Å². The number of carbonyl (C=O) groups excluding carboxylic acids is 1. The fourth-order valence-corrected chi connectivity index (χ4v) is 4.54. The maximum Gasteiger partial charge on any atom is 0.234 e. The second-order valence-electron chi connectivity index (χ2n) is 7.40. The van der Waals surface area contributed by atoms with Gasteiger partial charge in [-0.25, -0.2) is 0 Å². The molecule has 144 valence electrons. The lowest BCUT2D eigenvalue weighted by molar-refractivity contribution is -0.123. The summed E-state index contributed by atoms with van der Waals surface area (Å²) in [6, 6.07) is 10.7. The Labute approximate surface area is 164 Å². The number of hydrogen-bond acceptors (Lipinski definition) is 5. The summed E-state index contributed by atoms with van der Waals surface area (Å²) in [7, 11) is 0. The van der Waals surface area contributed by atoms with Crippen LogP contribution in [0.5, 0.6) is 5.75 Å². The lowest BCUT2D eigenvalue weighted by Crippen LogP contribution is -2.49. The normalized spacial score (nSPS) is 18.7. The average Bonchev–Trinajstić information content (AvgIpc) is 3.34. The van der Waals surface area contributed by atoms with E-state index in [0.29, 0.717) is 6.54 Å². The molecule has 4 rings (SSSR count). The zero-order valence-corrected chi connectivity index (χ0v) is 16.6. The standard InChI is InChI=1S/C21H27N3O2S/c1-16(20-3-2-12-27-20)22-21(25)15-24-9-7-23(8-10-24)14-17-4-5-19-18(13-17)6-11-26-19/h2-5,12-13,16H,6-11,14-15H2,1H3,(H,22,25)/t16-/m1/s1. The number of ether oxygens (including phenoxy) is 1. The third kappa shape index (κ3) is 4.69. The number of thiophene rings is 1. The maximum absolute atomic E-state index is 12.3. The van der Waals surface area contributed by atoms with Gasteiger partial charge in [0.1, 0.15) is 5.75 Å². The van der Waals surface area contributed by atoms with Gasteiger partial charge in [0.2, 0.25) is 5.91 Å². The summed E-state index contributed by atoms with van der Waals surface area (Å²) in [6.45, 7) is 8.20. The quantitative estimate of drug-likeness (QED) is 0.830. The number of piperazine rings is 1. The number of amides is 1. The van der Waals surface area contributed by atoms with Crippen LogP contribution in [0.4, 0.5) is 0 Å². The molecule has 5 nitrogen and oxygen atoms in total. The predicted octanol–water partition coefficient (Wildman–Crippen LogP) is 2.68. The first-order valence-electron chi connectivity index (χ1n) is 9.69. The fraction of sp³-hybridized carbons (Fsp3) is 0.476. The molecular formula is C21H27N3O2S. The minimum Gasteiger partial charge on any atom is -0.493 e. The van der Waals surface area contributed by atoms with E-state index in [9.17, 15) is 4.79 Å². The minimum absolute atomic E-state index is 0.0857. The van der Waals surface area contributed by atoms with Crippen LogP contribution in [0, 0.1) is 0 Å². The topological polar surface area (TPSA) is 44.8 Å². The molecule has 3 heterocycles. The molecule has 0 bridgehead atoms. The van der Waals surface area contributed by atoms with Crippen molar-refractivity contribution >= 4 is 17.2 Å². The largest absolute Gasteiger partial charge is 0.493 e. The van der Waals surface area contributed by atoms with Crippen molar-refractivity contribution in [2.75, 3.05) is 39.3 Å². The van der Waals surface area contributed by atoms with Gasteiger partial charge in [-0.05, 0) is 35.6 Å². The van der Waals surface area contributed by atoms with Crippen molar-refractivity contribution in [2.45, 2.75) is 25.9 Å². The van der Waals surface area contributed by atoms with Crippen LogP contribution in [0.2, 0.25) is 0 Å². The van der Waals surface area contributed by atoms with Crippen LogP contribution >= 0.6 is 11.3 Å². The summed E-state index contributed by atoms with van der Waals surface area (Å²) < 4.78 is 5.59. The minimum atomic E-state index is 0.0857. The van der Waals surface area contributed by atoms with E-state index in [4.69, 9.17) is 4.74 Å². The number of nitrogens with one attached hydrogen (secondary N) is 1. The molecule has 2 aliphatic rings. The molecule has 6 heteroatoms. The number of rotatable bonds is 6. The Morgan fingerprint density at radius 1 is 1.22 bits per heavy atom. The highest BCUT2D eigenvalue weighted by Gasteiger charge is 2.21. The highest BCUT2D eigenvalue weighted by molar-refractivity contribution is 7.10. The van der Waals surface area contributed by atoms with Gasteiger partial charge in [0, 0.05) is 44.0 Å². The smallest absolute Gasteiger partial charge is 0.234 e. The lowest BCUT2D eigenvalue weighted by Gasteiger charge is -2.34. The van der Waals surface area contributed by atoms with Gasteiger partial charge in [-0.15, -0.1) is 11.3 Å². The van der Waals surface area contributed by atoms with Crippen LogP contribution < -0.4 is 10.1 Å². The first-order valence-corrected chi connectivity index (χ1v) is 10.6. The molecule has 2 aliphatic heterocycles. The van der Waals surface area contributed by atoms with Crippen molar-refractivity contribution in [1.29, 1.82) is 0 Å². The molecule has 0 saturated carbocycles. The molecule has 1 atom stereocenters. The van der Waals surface area contributed by atoms with Crippen molar-refractivity contribution in [3.63, 3.8) is 0 Å². The SMILES string of the molecule is C[C@@H](NC(=O)CN1CCN(Cc2ccc3c(c2)CCO3)CC1)c1cccs1. The molecule has 0 radical (unpaired) electrons. The van der Waals surface area contributed by atoms with Crippen LogP contribution in [0.3, 0.4) is 0 Å². The molecule has 1 amide bonds. The summed E-state index contributed by atoms with van der Waals surface area (Å²) in [5, 5.41) is 5.16. The molecule has 2 aromatic rings. The van der Waals surface area contributed by atoms with Gasteiger partial charge in [-0.1, -0.05) is 18.2 Å². The zero-order valence-electron chi connectivity index (χ0n) is 15.8. The Kier molecular flexibility index (Phi) is 5.76. The summed E-state index contributed by atoms with van der Waals surface area (Å²) >= 11 is 1.68. The highest BCUT2D eigenvalue weighted by Crippen LogP contribution is 2.26. The fourth-order valence-electron chi connectivity index (χ4n) is 3.80. The molecule has 1 aromatic heterocycles. The van der Waals surface area contributed by atoms with Gasteiger partial charge in [0.25, 0.3) is 0 Å². The number of fused-ring (bicyclic) bond motifs is 1. The van der Waals surface area contributed by atoms with E-state index in [1.807, 2.05) is 18.4 Å². The molecule has 0 aliphatic carbocycles. The first kappa shape index (κ1) is 18.5. The van der Waals surface area contributed by atoms with E-state index in [-0.39, 0.29) is 11.9 Å². The van der Waals surface area contributed by atoms with Crippen LogP contribution in [-0.2, 0) is 17.8 Å². The van der Waals surface area contributed by atoms with E-state index in [0.717, 1.165) is 51.5 Å². The van der Waals surface area contributed by atoms with Gasteiger partial charge >= 0.3 is 0 Å². The van der Waals surface area contributed by atoms with Crippen LogP contribution in [0.15, 0.2) is 35.7 Å². The third-order valence-electron chi connectivity index (χ3n) is 5.34. The van der Waals surface area contributed by atoms with Crippen LogP contribution in [0.25, 0.3) is 0 Å². The highest BCUT2D eigenvalue weighted by atomic mass is 32.1. The predicted molar refractivity (Wildman–Crippen MR) is 108 cm³/mol. The first-order chi connectivity index (χ1) is 13.2. The lowest BCUT2D eigenvalue weighted by atomic mass is 10.1. The molecular weight excluding hydrogens is 358 g/mol. The van der Waals surface area contributed by atoms with Crippen molar-refractivity contribution in [3.05, 3.63) is 51.7 Å². The number of nitrogens with zero attached hydrogens (tertiary/aromatic N) is 2. The summed E-state index contributed by atoms with van der Waals surface area (Å²) in [5.74, 6) is 1.16. The average molecular weight is 386 g/mol. The Bertz CT molecular complexity index is 770. The molecule has 1 fully saturated rings. The zero-order chi connectivity index (χ0) is 18.6. The van der Waals surface area contributed by atoms with Gasteiger partial charge in [0.05, 0.1) is 19.2 Å². The molecule has 0 unspecified atom stereocenters. The van der Waals surface area contributed by atoms with Crippen molar-refractivity contribution in [3.8, 4) is 5.75 Å². The van der Waals surface area contributed by atoms with Crippen LogP contribution in [0.1, 0.15) is 29.0 Å². The molecule has 27 heavy (non-hydrogen) atoms. The summed E-state index contributed by atoms with van der Waals surface area (Å²) in [6.07, 6.45) is 1.02. The summed E-state index contributed by atoms with van der Waals surface area (Å²) in [4.78, 5) is 18.3. The second-order valence-corrected chi connectivity index (χ2v) is 8.38. The Hall–Kier alpha value is -1.89. The number of benzene rings is 1. The molecule has 0 spiro atoms. The van der Waals surface area contributed by atoms with Crippen molar-refractivity contribution < 1.29 is 9.53 Å². The Morgan fingerprint density at radius 2 is 2.04 bits per heavy atom. The Balaban J connectivity index is 1.21. The van der Waals surface area contributed by atoms with Gasteiger partial charge < -0.3 is 10.1 Å². The molecule has 1 saturated heterocycles. The van der Waals surface area contributed by atoms with Crippen molar-refractivity contribution in [1.82, 2.24) is 15.1 Å². The van der Waals surface area contributed by atoms with E-state index >= 15 is 0 Å². The van der Waals surface area contributed by atoms with E-state index < -0.39 is 0 Å². The van der Waals surface area contributed by atoms with Gasteiger partial charge in [-0.2, -0.15) is 0 Å². The maximum atomic E-state index is 12.3. The third-order valence-corrected chi connectivity index (χ3v) is 6.39. The monoisotopic (exact) mass is 385 g/mol.